The number of amides is 1. The normalized spacial score (nSPS) is 11.9. The van der Waals surface area contributed by atoms with Crippen molar-refractivity contribution in [2.75, 3.05) is 38.2 Å². The van der Waals surface area contributed by atoms with Crippen LogP contribution in [0.3, 0.4) is 0 Å². The molecule has 8 heteroatoms. The Morgan fingerprint density at radius 1 is 1.00 bits per heavy atom. The van der Waals surface area contributed by atoms with Crippen LogP contribution in [0.15, 0.2) is 42.5 Å². The number of hydrogen-bond acceptors (Lipinski definition) is 7. The zero-order valence-electron chi connectivity index (χ0n) is 19.1. The summed E-state index contributed by atoms with van der Waals surface area (Å²) in [6, 6.07) is 11.9. The first-order valence-corrected chi connectivity index (χ1v) is 11.5. The number of benzene rings is 2. The van der Waals surface area contributed by atoms with E-state index in [1.54, 1.807) is 30.3 Å². The average molecular weight is 460 g/mol. The molecule has 0 aromatic heterocycles. The number of unbranched alkanes of at least 4 members (excludes halogenated alkanes) is 3. The Balaban J connectivity index is 1.41. The Morgan fingerprint density at radius 3 is 2.58 bits per heavy atom. The maximum atomic E-state index is 11.2. The first kappa shape index (κ1) is 26.6. The van der Waals surface area contributed by atoms with Gasteiger partial charge in [0, 0.05) is 43.1 Å². The Bertz CT molecular complexity index is 847. The summed E-state index contributed by atoms with van der Waals surface area (Å²) < 4.78 is 5.67. The molecule has 0 saturated heterocycles. The fourth-order valence-corrected chi connectivity index (χ4v) is 3.40. The molecule has 2 aromatic carbocycles. The Hall–Kier alpha value is -2.65. The van der Waals surface area contributed by atoms with Gasteiger partial charge in [-0.25, -0.2) is 0 Å². The molecule has 0 saturated carbocycles. The predicted octanol–water partition coefficient (Wildman–Crippen LogP) is 2.69. The van der Waals surface area contributed by atoms with E-state index in [2.05, 4.69) is 10.6 Å². The van der Waals surface area contributed by atoms with Gasteiger partial charge in [0.1, 0.15) is 5.75 Å². The number of aliphatic hydroxyl groups excluding tert-OH is 2. The summed E-state index contributed by atoms with van der Waals surface area (Å²) in [5.74, 6) is -0.392. The van der Waals surface area contributed by atoms with E-state index in [9.17, 15) is 20.1 Å². The number of primary amides is 1. The molecule has 2 aromatic rings. The summed E-state index contributed by atoms with van der Waals surface area (Å²) >= 11 is 0. The van der Waals surface area contributed by atoms with Crippen molar-refractivity contribution in [2.45, 2.75) is 44.8 Å². The van der Waals surface area contributed by atoms with Crippen LogP contribution in [0.1, 0.15) is 59.7 Å². The highest BCUT2D eigenvalue weighted by Gasteiger charge is 2.09. The van der Waals surface area contributed by atoms with Crippen LogP contribution < -0.4 is 16.4 Å². The SMILES string of the molecule is NC(=O)c1cccc(NCCCOCCCCCCNCC(O)c2ccc(O)c(CO)c2)c1. The summed E-state index contributed by atoms with van der Waals surface area (Å²) in [5.41, 5.74) is 7.75. The van der Waals surface area contributed by atoms with Crippen LogP contribution in [0, 0.1) is 0 Å². The van der Waals surface area contributed by atoms with E-state index in [1.807, 2.05) is 6.07 Å². The molecule has 0 radical (unpaired) electrons. The number of ether oxygens (including phenoxy) is 1. The van der Waals surface area contributed by atoms with Crippen LogP contribution in [0.25, 0.3) is 0 Å². The van der Waals surface area contributed by atoms with Gasteiger partial charge in [-0.1, -0.05) is 25.0 Å². The van der Waals surface area contributed by atoms with Crippen LogP contribution in [-0.2, 0) is 11.3 Å². The fraction of sp³-hybridized carbons (Fsp3) is 0.480. The molecule has 33 heavy (non-hydrogen) atoms. The molecule has 0 aliphatic heterocycles. The lowest BCUT2D eigenvalue weighted by molar-refractivity contribution is 0.1000. The van der Waals surface area contributed by atoms with E-state index in [0.717, 1.165) is 57.5 Å². The summed E-state index contributed by atoms with van der Waals surface area (Å²) in [7, 11) is 0. The van der Waals surface area contributed by atoms with E-state index in [-0.39, 0.29) is 12.4 Å². The van der Waals surface area contributed by atoms with Crippen LogP contribution in [0.2, 0.25) is 0 Å². The third-order valence-corrected chi connectivity index (χ3v) is 5.33. The van der Waals surface area contributed by atoms with Gasteiger partial charge in [-0.2, -0.15) is 0 Å². The molecule has 0 aliphatic rings. The molecule has 0 spiro atoms. The quantitative estimate of drug-likeness (QED) is 0.200. The minimum Gasteiger partial charge on any atom is -0.508 e. The van der Waals surface area contributed by atoms with Gasteiger partial charge in [0.05, 0.1) is 12.7 Å². The highest BCUT2D eigenvalue weighted by molar-refractivity contribution is 5.93. The number of nitrogens with two attached hydrogens (primary N) is 1. The van der Waals surface area contributed by atoms with Gasteiger partial charge >= 0.3 is 0 Å². The zero-order valence-corrected chi connectivity index (χ0v) is 19.1. The van der Waals surface area contributed by atoms with Crippen molar-refractivity contribution in [2.24, 2.45) is 5.73 Å². The summed E-state index contributed by atoms with van der Waals surface area (Å²) in [5, 5.41) is 35.5. The minimum absolute atomic E-state index is 0.0365. The number of hydrogen-bond donors (Lipinski definition) is 6. The lowest BCUT2D eigenvalue weighted by Gasteiger charge is -2.14. The number of aromatic hydroxyl groups is 1. The average Bonchev–Trinajstić information content (AvgIpc) is 2.82. The molecule has 1 atom stereocenters. The predicted molar refractivity (Wildman–Crippen MR) is 129 cm³/mol. The molecule has 0 aliphatic carbocycles. The third-order valence-electron chi connectivity index (χ3n) is 5.33. The van der Waals surface area contributed by atoms with E-state index in [1.165, 1.54) is 6.07 Å². The second-order valence-corrected chi connectivity index (χ2v) is 8.02. The second kappa shape index (κ2) is 15.2. The van der Waals surface area contributed by atoms with E-state index in [0.29, 0.717) is 29.8 Å². The second-order valence-electron chi connectivity index (χ2n) is 8.02. The molecule has 1 unspecified atom stereocenters. The Kier molecular flexibility index (Phi) is 12.3. The van der Waals surface area contributed by atoms with Crippen LogP contribution in [0.4, 0.5) is 5.69 Å². The van der Waals surface area contributed by atoms with Crippen molar-refractivity contribution < 1.29 is 24.9 Å². The monoisotopic (exact) mass is 459 g/mol. The van der Waals surface area contributed by atoms with Crippen molar-refractivity contribution in [3.8, 4) is 5.75 Å². The number of rotatable bonds is 17. The van der Waals surface area contributed by atoms with Gasteiger partial charge in [-0.3, -0.25) is 4.79 Å². The molecule has 2 rings (SSSR count). The first-order chi connectivity index (χ1) is 16.0. The molecule has 182 valence electrons. The molecule has 0 heterocycles. The molecule has 1 amide bonds. The van der Waals surface area contributed by atoms with Gasteiger partial charge < -0.3 is 36.4 Å². The summed E-state index contributed by atoms with van der Waals surface area (Å²) in [4.78, 5) is 11.2. The molecule has 8 nitrogen and oxygen atoms in total. The number of anilines is 1. The van der Waals surface area contributed by atoms with Gasteiger partial charge in [0.2, 0.25) is 5.91 Å². The highest BCUT2D eigenvalue weighted by atomic mass is 16.5. The third kappa shape index (κ3) is 10.2. The molecule has 0 bridgehead atoms. The lowest BCUT2D eigenvalue weighted by Crippen LogP contribution is -2.22. The maximum Gasteiger partial charge on any atom is 0.248 e. The van der Waals surface area contributed by atoms with Crippen molar-refractivity contribution >= 4 is 11.6 Å². The minimum atomic E-state index is -0.675. The van der Waals surface area contributed by atoms with Crippen molar-refractivity contribution in [1.29, 1.82) is 0 Å². The van der Waals surface area contributed by atoms with Gasteiger partial charge in [-0.05, 0) is 61.7 Å². The largest absolute Gasteiger partial charge is 0.508 e. The zero-order chi connectivity index (χ0) is 23.9. The summed E-state index contributed by atoms with van der Waals surface area (Å²) in [6.45, 7) is 3.21. The smallest absolute Gasteiger partial charge is 0.248 e. The number of aliphatic hydroxyl groups is 2. The molecular weight excluding hydrogens is 422 g/mol. The highest BCUT2D eigenvalue weighted by Crippen LogP contribution is 2.22. The number of nitrogens with one attached hydrogen (secondary N) is 2. The standard InChI is InChI=1S/C25H37N3O5/c26-25(32)20-7-5-8-22(16-20)28-12-6-14-33-13-4-2-1-3-11-27-17-24(31)19-9-10-23(30)21(15-19)18-29/h5,7-10,15-16,24,27-31H,1-4,6,11-14,17-18H2,(H2,26,32). The van der Waals surface area contributed by atoms with E-state index in [4.69, 9.17) is 10.5 Å². The maximum absolute atomic E-state index is 11.2. The van der Waals surface area contributed by atoms with Crippen molar-refractivity contribution in [3.63, 3.8) is 0 Å². The summed E-state index contributed by atoms with van der Waals surface area (Å²) in [6.07, 6.45) is 4.45. The van der Waals surface area contributed by atoms with E-state index >= 15 is 0 Å². The molecular formula is C25H37N3O5. The number of carbonyl (C=O) groups is 1. The number of phenols is 1. The fourth-order valence-electron chi connectivity index (χ4n) is 3.40. The van der Waals surface area contributed by atoms with Gasteiger partial charge in [0.15, 0.2) is 0 Å². The Morgan fingerprint density at radius 2 is 1.79 bits per heavy atom. The molecule has 7 N–H and O–H groups in total. The first-order valence-electron chi connectivity index (χ1n) is 11.5. The lowest BCUT2D eigenvalue weighted by atomic mass is 10.1. The van der Waals surface area contributed by atoms with Crippen LogP contribution in [0.5, 0.6) is 5.75 Å². The van der Waals surface area contributed by atoms with Crippen molar-refractivity contribution in [1.82, 2.24) is 5.32 Å². The van der Waals surface area contributed by atoms with Gasteiger partial charge in [-0.15, -0.1) is 0 Å². The van der Waals surface area contributed by atoms with E-state index < -0.39 is 12.0 Å². The van der Waals surface area contributed by atoms with Gasteiger partial charge in [0.25, 0.3) is 0 Å². The molecule has 0 fully saturated rings. The Labute approximate surface area is 195 Å². The van der Waals surface area contributed by atoms with Crippen LogP contribution >= 0.6 is 0 Å². The topological polar surface area (TPSA) is 137 Å². The van der Waals surface area contributed by atoms with Crippen LogP contribution in [-0.4, -0.2) is 54.1 Å². The number of carbonyl (C=O) groups excluding carboxylic acids is 1. The van der Waals surface area contributed by atoms with Crippen molar-refractivity contribution in [3.05, 3.63) is 59.2 Å².